The topological polar surface area (TPSA) is 71.3 Å². The molecule has 2 aliphatic rings. The van der Waals surface area contributed by atoms with Gasteiger partial charge in [-0.05, 0) is 42.3 Å². The van der Waals surface area contributed by atoms with Crippen molar-refractivity contribution in [2.75, 3.05) is 13.1 Å². The number of rotatable bonds is 3. The van der Waals surface area contributed by atoms with E-state index in [1.54, 1.807) is 35.5 Å². The quantitative estimate of drug-likeness (QED) is 0.584. The van der Waals surface area contributed by atoms with Crippen LogP contribution in [0.25, 0.3) is 0 Å². The molecule has 164 valence electrons. The van der Waals surface area contributed by atoms with Crippen LogP contribution in [0.2, 0.25) is 10.0 Å². The van der Waals surface area contributed by atoms with Crippen molar-refractivity contribution in [3.8, 4) is 0 Å². The van der Waals surface area contributed by atoms with Gasteiger partial charge in [-0.2, -0.15) is 5.10 Å². The Morgan fingerprint density at radius 1 is 1.03 bits per heavy atom. The molecule has 0 radical (unpaired) electrons. The van der Waals surface area contributed by atoms with Crippen molar-refractivity contribution in [2.45, 2.75) is 32.5 Å². The third-order valence-electron chi connectivity index (χ3n) is 5.97. The highest BCUT2D eigenvalue weighted by Crippen LogP contribution is 2.28. The van der Waals surface area contributed by atoms with E-state index in [1.165, 1.54) is 0 Å². The molecule has 5 rings (SSSR count). The van der Waals surface area contributed by atoms with Gasteiger partial charge in [-0.1, -0.05) is 23.2 Å². The van der Waals surface area contributed by atoms with E-state index < -0.39 is 0 Å². The van der Waals surface area contributed by atoms with E-state index in [2.05, 4.69) is 4.98 Å². The summed E-state index contributed by atoms with van der Waals surface area (Å²) >= 11 is 12.1. The molecule has 0 aliphatic carbocycles. The predicted molar refractivity (Wildman–Crippen MR) is 121 cm³/mol. The van der Waals surface area contributed by atoms with Gasteiger partial charge in [-0.15, -0.1) is 0 Å². The minimum atomic E-state index is -0.135. The number of nitrogens with zero attached hydrogens (tertiary/aromatic N) is 5. The highest BCUT2D eigenvalue weighted by atomic mass is 35.5. The number of hydrogen-bond donors (Lipinski definition) is 0. The highest BCUT2D eigenvalue weighted by Gasteiger charge is 2.33. The van der Waals surface area contributed by atoms with Crippen molar-refractivity contribution >= 4 is 35.0 Å². The Hall–Kier alpha value is -2.90. The number of halogens is 2. The number of fused-ring (bicyclic) bond motifs is 3. The van der Waals surface area contributed by atoms with E-state index in [0.29, 0.717) is 60.4 Å². The number of aryl methyl sites for hydroxylation is 1. The van der Waals surface area contributed by atoms with Crippen molar-refractivity contribution in [1.29, 1.82) is 0 Å². The monoisotopic (exact) mass is 469 g/mol. The van der Waals surface area contributed by atoms with Gasteiger partial charge in [0.05, 0.1) is 22.3 Å². The molecule has 9 heteroatoms. The summed E-state index contributed by atoms with van der Waals surface area (Å²) in [7, 11) is 0. The molecule has 2 aliphatic heterocycles. The Kier molecular flexibility index (Phi) is 5.61. The highest BCUT2D eigenvalue weighted by molar-refractivity contribution is 6.42. The van der Waals surface area contributed by atoms with Crippen LogP contribution in [-0.2, 0) is 26.1 Å². The molecule has 32 heavy (non-hydrogen) atoms. The molecule has 2 amide bonds. The van der Waals surface area contributed by atoms with E-state index in [1.807, 2.05) is 21.7 Å². The van der Waals surface area contributed by atoms with E-state index >= 15 is 0 Å². The van der Waals surface area contributed by atoms with Crippen LogP contribution < -0.4 is 0 Å². The van der Waals surface area contributed by atoms with Crippen LogP contribution in [0.3, 0.4) is 0 Å². The lowest BCUT2D eigenvalue weighted by molar-refractivity contribution is 0.0711. The lowest BCUT2D eigenvalue weighted by Crippen LogP contribution is -2.37. The second kappa shape index (κ2) is 8.56. The van der Waals surface area contributed by atoms with Gasteiger partial charge in [0.1, 0.15) is 5.69 Å². The molecule has 0 saturated heterocycles. The van der Waals surface area contributed by atoms with Crippen LogP contribution in [0.15, 0.2) is 42.7 Å². The maximum absolute atomic E-state index is 13.5. The van der Waals surface area contributed by atoms with Crippen molar-refractivity contribution in [3.63, 3.8) is 0 Å². The number of benzene rings is 1. The Morgan fingerprint density at radius 2 is 1.84 bits per heavy atom. The Morgan fingerprint density at radius 3 is 2.62 bits per heavy atom. The zero-order chi connectivity index (χ0) is 22.2. The van der Waals surface area contributed by atoms with Crippen LogP contribution in [0.4, 0.5) is 0 Å². The summed E-state index contributed by atoms with van der Waals surface area (Å²) in [5.41, 5.74) is 3.85. The summed E-state index contributed by atoms with van der Waals surface area (Å²) in [4.78, 5) is 34.3. The Labute approximate surface area is 195 Å². The Bertz CT molecular complexity index is 1190. The largest absolute Gasteiger partial charge is 0.334 e. The van der Waals surface area contributed by atoms with E-state index in [0.717, 1.165) is 23.2 Å². The fourth-order valence-electron chi connectivity index (χ4n) is 4.33. The van der Waals surface area contributed by atoms with Gasteiger partial charge < -0.3 is 9.80 Å². The van der Waals surface area contributed by atoms with Crippen molar-refractivity contribution in [1.82, 2.24) is 24.6 Å². The van der Waals surface area contributed by atoms with Crippen LogP contribution >= 0.6 is 23.2 Å². The molecule has 0 atom stereocenters. The molecule has 0 bridgehead atoms. The van der Waals surface area contributed by atoms with E-state index in [-0.39, 0.29) is 11.8 Å². The first-order valence-corrected chi connectivity index (χ1v) is 11.3. The van der Waals surface area contributed by atoms with Crippen molar-refractivity contribution < 1.29 is 9.59 Å². The second-order valence-corrected chi connectivity index (χ2v) is 8.85. The third-order valence-corrected chi connectivity index (χ3v) is 6.70. The predicted octanol–water partition coefficient (Wildman–Crippen LogP) is 3.83. The van der Waals surface area contributed by atoms with Crippen LogP contribution in [0, 0.1) is 0 Å². The van der Waals surface area contributed by atoms with Crippen LogP contribution in [0.5, 0.6) is 0 Å². The zero-order valence-electron chi connectivity index (χ0n) is 17.3. The van der Waals surface area contributed by atoms with Crippen molar-refractivity contribution in [3.05, 3.63) is 80.8 Å². The molecule has 3 aromatic rings. The number of carbonyl (C=O) groups excluding carboxylic acids is 2. The van der Waals surface area contributed by atoms with Gasteiger partial charge in [-0.25, -0.2) is 0 Å². The number of carbonyl (C=O) groups is 2. The minimum Gasteiger partial charge on any atom is -0.334 e. The fraction of sp³-hybridized carbons (Fsp3) is 0.304. The van der Waals surface area contributed by atoms with Crippen LogP contribution in [-0.4, -0.2) is 49.5 Å². The molecule has 0 fully saturated rings. The lowest BCUT2D eigenvalue weighted by atomic mass is 10.0. The standard InChI is InChI=1S/C23H21Cl2N5O2/c24-18-3-2-16(12-19(18)25)22(31)29-11-6-20-17(14-29)21-23(32)28(9-1-10-30(21)27-20)13-15-4-7-26-8-5-15/h2-5,7-8,12H,1,6,9-11,13-14H2. The van der Waals surface area contributed by atoms with E-state index in [9.17, 15) is 9.59 Å². The van der Waals surface area contributed by atoms with E-state index in [4.69, 9.17) is 28.3 Å². The molecule has 4 heterocycles. The molecule has 0 N–H and O–H groups in total. The average molecular weight is 470 g/mol. The first-order chi connectivity index (χ1) is 15.5. The van der Waals surface area contributed by atoms with Crippen LogP contribution in [0.1, 0.15) is 44.1 Å². The van der Waals surface area contributed by atoms with Gasteiger partial charge in [0.15, 0.2) is 0 Å². The first-order valence-electron chi connectivity index (χ1n) is 10.5. The van der Waals surface area contributed by atoms with Gasteiger partial charge in [0.2, 0.25) is 0 Å². The van der Waals surface area contributed by atoms with Gasteiger partial charge in [0.25, 0.3) is 11.8 Å². The summed E-state index contributed by atoms with van der Waals surface area (Å²) in [6, 6.07) is 8.72. The molecule has 1 aromatic carbocycles. The average Bonchev–Trinajstić information content (AvgIpc) is 3.10. The molecular formula is C23H21Cl2N5O2. The summed E-state index contributed by atoms with van der Waals surface area (Å²) in [5.74, 6) is -0.180. The molecular weight excluding hydrogens is 449 g/mol. The summed E-state index contributed by atoms with van der Waals surface area (Å²) in [6.45, 7) is 2.75. The van der Waals surface area contributed by atoms with Gasteiger partial charge >= 0.3 is 0 Å². The number of aromatic nitrogens is 3. The lowest BCUT2D eigenvalue weighted by Gasteiger charge is -2.28. The SMILES string of the molecule is O=C(c1ccc(Cl)c(Cl)c1)N1CCc2nn3c(c2C1)C(=O)N(Cc1ccncc1)CCC3. The molecule has 0 spiro atoms. The van der Waals surface area contributed by atoms with Gasteiger partial charge in [0, 0.05) is 56.1 Å². The Balaban J connectivity index is 1.42. The van der Waals surface area contributed by atoms with Crippen molar-refractivity contribution in [2.24, 2.45) is 0 Å². The minimum absolute atomic E-state index is 0.0445. The molecule has 7 nitrogen and oxygen atoms in total. The maximum atomic E-state index is 13.5. The van der Waals surface area contributed by atoms with Gasteiger partial charge in [-0.3, -0.25) is 19.3 Å². The number of hydrogen-bond acceptors (Lipinski definition) is 4. The number of pyridine rings is 1. The maximum Gasteiger partial charge on any atom is 0.272 e. The first kappa shape index (κ1) is 21.0. The summed E-state index contributed by atoms with van der Waals surface area (Å²) < 4.78 is 1.83. The smallest absolute Gasteiger partial charge is 0.272 e. The number of amides is 2. The summed E-state index contributed by atoms with van der Waals surface area (Å²) in [6.07, 6.45) is 4.91. The second-order valence-electron chi connectivity index (χ2n) is 8.04. The molecule has 2 aromatic heterocycles. The zero-order valence-corrected chi connectivity index (χ0v) is 18.8. The normalized spacial score (nSPS) is 15.9. The third kappa shape index (κ3) is 3.87. The molecule has 0 unspecified atom stereocenters. The fourth-order valence-corrected chi connectivity index (χ4v) is 4.63. The molecule has 0 saturated carbocycles. The summed E-state index contributed by atoms with van der Waals surface area (Å²) in [5, 5.41) is 5.47.